The maximum atomic E-state index is 8.78. The lowest BCUT2D eigenvalue weighted by atomic mass is 10.0. The molecule has 2 N–H and O–H groups in total. The quantitative estimate of drug-likeness (QED) is 0.695. The van der Waals surface area contributed by atoms with Crippen LogP contribution >= 0.6 is 0 Å². The molecule has 0 aromatic rings. The molecular weight excluding hydrogens is 200 g/mol. The van der Waals surface area contributed by atoms with Crippen molar-refractivity contribution in [3.63, 3.8) is 0 Å². The van der Waals surface area contributed by atoms with Crippen LogP contribution in [0.15, 0.2) is 0 Å². The SMILES string of the molecule is CCN1CCCCC1CNC(C)CCCO. The molecule has 1 rings (SSSR count). The summed E-state index contributed by atoms with van der Waals surface area (Å²) >= 11 is 0. The van der Waals surface area contributed by atoms with Crippen molar-refractivity contribution < 1.29 is 5.11 Å². The van der Waals surface area contributed by atoms with Crippen LogP contribution in [0.3, 0.4) is 0 Å². The van der Waals surface area contributed by atoms with E-state index in [1.165, 1.54) is 32.4 Å². The molecule has 0 spiro atoms. The van der Waals surface area contributed by atoms with E-state index in [0.29, 0.717) is 12.6 Å². The second-order valence-electron chi connectivity index (χ2n) is 4.95. The van der Waals surface area contributed by atoms with Gasteiger partial charge in [0.15, 0.2) is 0 Å². The van der Waals surface area contributed by atoms with E-state index in [9.17, 15) is 0 Å². The minimum absolute atomic E-state index is 0.316. The third-order valence-electron chi connectivity index (χ3n) is 3.65. The predicted octanol–water partition coefficient (Wildman–Crippen LogP) is 1.61. The highest BCUT2D eigenvalue weighted by Crippen LogP contribution is 2.16. The first-order valence-corrected chi connectivity index (χ1v) is 6.86. The Morgan fingerprint density at radius 3 is 2.94 bits per heavy atom. The van der Waals surface area contributed by atoms with Crippen molar-refractivity contribution in [1.29, 1.82) is 0 Å². The van der Waals surface area contributed by atoms with E-state index in [0.717, 1.165) is 25.4 Å². The number of aliphatic hydroxyl groups is 1. The van der Waals surface area contributed by atoms with E-state index in [-0.39, 0.29) is 0 Å². The largest absolute Gasteiger partial charge is 0.396 e. The number of nitrogens with one attached hydrogen (secondary N) is 1. The summed E-state index contributed by atoms with van der Waals surface area (Å²) in [4.78, 5) is 2.59. The Bertz CT molecular complexity index is 175. The lowest BCUT2D eigenvalue weighted by molar-refractivity contribution is 0.150. The van der Waals surface area contributed by atoms with Crippen molar-refractivity contribution >= 4 is 0 Å². The summed E-state index contributed by atoms with van der Waals surface area (Å²) in [5.74, 6) is 0. The standard InChI is InChI=1S/C13H28N2O/c1-3-15-9-5-4-8-13(15)11-14-12(2)7-6-10-16/h12-14,16H,3-11H2,1-2H3. The Morgan fingerprint density at radius 1 is 1.44 bits per heavy atom. The molecule has 1 fully saturated rings. The van der Waals surface area contributed by atoms with Crippen molar-refractivity contribution in [3.05, 3.63) is 0 Å². The highest BCUT2D eigenvalue weighted by molar-refractivity contribution is 4.79. The molecule has 2 atom stereocenters. The number of rotatable bonds is 7. The van der Waals surface area contributed by atoms with Gasteiger partial charge in [-0.3, -0.25) is 4.90 Å². The van der Waals surface area contributed by atoms with E-state index in [4.69, 9.17) is 5.11 Å². The molecule has 0 aliphatic carbocycles. The number of aliphatic hydroxyl groups excluding tert-OH is 1. The van der Waals surface area contributed by atoms with Gasteiger partial charge in [-0.15, -0.1) is 0 Å². The van der Waals surface area contributed by atoms with Gasteiger partial charge in [-0.05, 0) is 45.7 Å². The maximum Gasteiger partial charge on any atom is 0.0431 e. The number of likely N-dealkylation sites (N-methyl/N-ethyl adjacent to an activating group) is 1. The van der Waals surface area contributed by atoms with Crippen molar-refractivity contribution in [3.8, 4) is 0 Å². The minimum Gasteiger partial charge on any atom is -0.396 e. The van der Waals surface area contributed by atoms with Gasteiger partial charge in [0.25, 0.3) is 0 Å². The molecule has 3 nitrogen and oxygen atoms in total. The Kier molecular flexibility index (Phi) is 7.01. The topological polar surface area (TPSA) is 35.5 Å². The van der Waals surface area contributed by atoms with Gasteiger partial charge in [0.05, 0.1) is 0 Å². The molecule has 0 aromatic heterocycles. The van der Waals surface area contributed by atoms with Gasteiger partial charge in [-0.2, -0.15) is 0 Å². The number of nitrogens with zero attached hydrogens (tertiary/aromatic N) is 1. The van der Waals surface area contributed by atoms with Gasteiger partial charge >= 0.3 is 0 Å². The molecule has 0 amide bonds. The summed E-state index contributed by atoms with van der Waals surface area (Å²) < 4.78 is 0. The van der Waals surface area contributed by atoms with Crippen molar-refractivity contribution in [2.75, 3.05) is 26.2 Å². The zero-order chi connectivity index (χ0) is 11.8. The van der Waals surface area contributed by atoms with E-state index in [1.807, 2.05) is 0 Å². The molecule has 1 saturated heterocycles. The number of likely N-dealkylation sites (tertiary alicyclic amines) is 1. The Morgan fingerprint density at radius 2 is 2.25 bits per heavy atom. The van der Waals surface area contributed by atoms with Crippen LogP contribution < -0.4 is 5.32 Å². The van der Waals surface area contributed by atoms with Crippen molar-refractivity contribution in [2.24, 2.45) is 0 Å². The fourth-order valence-electron chi connectivity index (χ4n) is 2.54. The second-order valence-corrected chi connectivity index (χ2v) is 4.95. The van der Waals surface area contributed by atoms with Gasteiger partial charge < -0.3 is 10.4 Å². The lowest BCUT2D eigenvalue weighted by Crippen LogP contribution is -2.46. The number of hydrogen-bond donors (Lipinski definition) is 2. The number of piperidine rings is 1. The van der Waals surface area contributed by atoms with Crippen LogP contribution in [0.4, 0.5) is 0 Å². The smallest absolute Gasteiger partial charge is 0.0431 e. The van der Waals surface area contributed by atoms with Crippen molar-refractivity contribution in [2.45, 2.75) is 58.0 Å². The normalized spacial score (nSPS) is 24.6. The Labute approximate surface area is 100 Å². The molecule has 3 heteroatoms. The molecule has 1 aliphatic heterocycles. The first-order chi connectivity index (χ1) is 7.77. The van der Waals surface area contributed by atoms with Gasteiger partial charge in [-0.1, -0.05) is 13.3 Å². The van der Waals surface area contributed by atoms with E-state index in [1.54, 1.807) is 0 Å². The van der Waals surface area contributed by atoms with E-state index < -0.39 is 0 Å². The zero-order valence-corrected chi connectivity index (χ0v) is 10.9. The zero-order valence-electron chi connectivity index (χ0n) is 10.9. The van der Waals surface area contributed by atoms with Gasteiger partial charge in [0, 0.05) is 25.2 Å². The van der Waals surface area contributed by atoms with Gasteiger partial charge in [-0.25, -0.2) is 0 Å². The first kappa shape index (κ1) is 13.9. The summed E-state index contributed by atoms with van der Waals surface area (Å²) in [7, 11) is 0. The third-order valence-corrected chi connectivity index (χ3v) is 3.65. The lowest BCUT2D eigenvalue weighted by Gasteiger charge is -2.35. The summed E-state index contributed by atoms with van der Waals surface area (Å²) in [5, 5.41) is 12.4. The molecule has 0 radical (unpaired) electrons. The minimum atomic E-state index is 0.316. The maximum absolute atomic E-state index is 8.78. The van der Waals surface area contributed by atoms with Crippen LogP contribution in [0, 0.1) is 0 Å². The Balaban J connectivity index is 2.18. The number of hydrogen-bond acceptors (Lipinski definition) is 3. The highest BCUT2D eigenvalue weighted by Gasteiger charge is 2.20. The van der Waals surface area contributed by atoms with Crippen LogP contribution in [0.2, 0.25) is 0 Å². The molecule has 2 unspecified atom stereocenters. The van der Waals surface area contributed by atoms with Crippen LogP contribution in [0.1, 0.15) is 46.0 Å². The molecule has 0 saturated carbocycles. The molecule has 0 bridgehead atoms. The molecular formula is C13H28N2O. The monoisotopic (exact) mass is 228 g/mol. The van der Waals surface area contributed by atoms with Crippen LogP contribution in [-0.4, -0.2) is 48.3 Å². The third kappa shape index (κ3) is 4.81. The average Bonchev–Trinajstić information content (AvgIpc) is 2.34. The average molecular weight is 228 g/mol. The highest BCUT2D eigenvalue weighted by atomic mass is 16.2. The van der Waals surface area contributed by atoms with Crippen LogP contribution in [0.5, 0.6) is 0 Å². The first-order valence-electron chi connectivity index (χ1n) is 6.86. The fraction of sp³-hybridized carbons (Fsp3) is 1.00. The summed E-state index contributed by atoms with van der Waals surface area (Å²) in [5.41, 5.74) is 0. The summed E-state index contributed by atoms with van der Waals surface area (Å²) in [6.07, 6.45) is 6.08. The van der Waals surface area contributed by atoms with E-state index >= 15 is 0 Å². The van der Waals surface area contributed by atoms with Gasteiger partial charge in [0.2, 0.25) is 0 Å². The molecule has 1 aliphatic rings. The summed E-state index contributed by atoms with van der Waals surface area (Å²) in [6, 6.07) is 1.27. The van der Waals surface area contributed by atoms with Crippen LogP contribution in [-0.2, 0) is 0 Å². The fourth-order valence-corrected chi connectivity index (χ4v) is 2.54. The van der Waals surface area contributed by atoms with E-state index in [2.05, 4.69) is 24.1 Å². The van der Waals surface area contributed by atoms with Crippen molar-refractivity contribution in [1.82, 2.24) is 10.2 Å². The molecule has 16 heavy (non-hydrogen) atoms. The summed E-state index contributed by atoms with van der Waals surface area (Å²) in [6.45, 7) is 8.35. The molecule has 1 heterocycles. The predicted molar refractivity (Wildman–Crippen MR) is 68.7 cm³/mol. The second kappa shape index (κ2) is 8.04. The Hall–Kier alpha value is -0.120. The molecule has 96 valence electrons. The van der Waals surface area contributed by atoms with Gasteiger partial charge in [0.1, 0.15) is 0 Å². The molecule has 0 aromatic carbocycles. The van der Waals surface area contributed by atoms with Crippen LogP contribution in [0.25, 0.3) is 0 Å².